The number of fused-ring (bicyclic) bond motifs is 1. The molecule has 0 saturated heterocycles. The Bertz CT molecular complexity index is 867. The van der Waals surface area contributed by atoms with Gasteiger partial charge in [-0.15, -0.1) is 0 Å². The molecule has 0 atom stereocenters. The van der Waals surface area contributed by atoms with E-state index in [-0.39, 0.29) is 0 Å². The van der Waals surface area contributed by atoms with Crippen LogP contribution in [0.4, 0.5) is 0 Å². The largest absolute Gasteiger partial charge is 0.320 e. The van der Waals surface area contributed by atoms with Gasteiger partial charge in [0.25, 0.3) is 0 Å². The molecule has 0 aliphatic heterocycles. The van der Waals surface area contributed by atoms with Crippen LogP contribution in [0.15, 0.2) is 54.6 Å². The van der Waals surface area contributed by atoms with Gasteiger partial charge in [0.2, 0.25) is 0 Å². The number of imidazole rings is 1. The van der Waals surface area contributed by atoms with Crippen LogP contribution in [-0.4, -0.2) is 9.55 Å². The standard InChI is InChI=1S/C22H26N2/c1-6-18-8-10-19(11-9-18)22-23-20-12-7-16(4)13-21(20)24(22)14-17(5)15(2)3/h7-13,15H,5-6,14H2,1-4H3. The molecular weight excluding hydrogens is 292 g/mol. The molecule has 0 aliphatic rings. The van der Waals surface area contributed by atoms with E-state index in [9.17, 15) is 0 Å². The Morgan fingerprint density at radius 2 is 1.83 bits per heavy atom. The Morgan fingerprint density at radius 1 is 1.12 bits per heavy atom. The first-order valence-electron chi connectivity index (χ1n) is 8.73. The lowest BCUT2D eigenvalue weighted by Crippen LogP contribution is -2.06. The molecule has 2 aromatic carbocycles. The van der Waals surface area contributed by atoms with Crippen LogP contribution in [0, 0.1) is 12.8 Å². The summed E-state index contributed by atoms with van der Waals surface area (Å²) in [6.07, 6.45) is 1.06. The summed E-state index contributed by atoms with van der Waals surface area (Å²) in [6, 6.07) is 15.2. The molecule has 1 heterocycles. The van der Waals surface area contributed by atoms with E-state index in [4.69, 9.17) is 4.98 Å². The Labute approximate surface area is 144 Å². The summed E-state index contributed by atoms with van der Waals surface area (Å²) in [6.45, 7) is 13.8. The zero-order valence-electron chi connectivity index (χ0n) is 15.1. The number of nitrogens with zero attached hydrogens (tertiary/aromatic N) is 2. The summed E-state index contributed by atoms with van der Waals surface area (Å²) >= 11 is 0. The van der Waals surface area contributed by atoms with Crippen molar-refractivity contribution in [3.05, 3.63) is 65.7 Å². The zero-order valence-corrected chi connectivity index (χ0v) is 15.1. The van der Waals surface area contributed by atoms with Gasteiger partial charge in [0, 0.05) is 12.1 Å². The summed E-state index contributed by atoms with van der Waals surface area (Å²) in [7, 11) is 0. The van der Waals surface area contributed by atoms with E-state index < -0.39 is 0 Å². The van der Waals surface area contributed by atoms with Crippen molar-refractivity contribution in [2.75, 3.05) is 0 Å². The van der Waals surface area contributed by atoms with Gasteiger partial charge in [-0.3, -0.25) is 0 Å². The second-order valence-corrected chi connectivity index (χ2v) is 6.88. The van der Waals surface area contributed by atoms with Gasteiger partial charge < -0.3 is 4.57 Å². The minimum Gasteiger partial charge on any atom is -0.320 e. The summed E-state index contributed by atoms with van der Waals surface area (Å²) in [5.74, 6) is 1.49. The highest BCUT2D eigenvalue weighted by atomic mass is 15.1. The van der Waals surface area contributed by atoms with E-state index in [1.807, 2.05) is 0 Å². The van der Waals surface area contributed by atoms with E-state index in [1.54, 1.807) is 0 Å². The highest BCUT2D eigenvalue weighted by Crippen LogP contribution is 2.27. The molecule has 124 valence electrons. The molecule has 0 unspecified atom stereocenters. The molecule has 0 N–H and O–H groups in total. The average molecular weight is 318 g/mol. The molecule has 0 fully saturated rings. The van der Waals surface area contributed by atoms with Crippen LogP contribution in [-0.2, 0) is 13.0 Å². The third-order valence-electron chi connectivity index (χ3n) is 4.70. The first-order chi connectivity index (χ1) is 11.5. The number of aromatic nitrogens is 2. The Kier molecular flexibility index (Phi) is 4.57. The fourth-order valence-electron chi connectivity index (χ4n) is 2.89. The second kappa shape index (κ2) is 6.64. The van der Waals surface area contributed by atoms with Gasteiger partial charge in [-0.25, -0.2) is 4.98 Å². The molecule has 2 nitrogen and oxygen atoms in total. The van der Waals surface area contributed by atoms with E-state index in [1.165, 1.54) is 22.2 Å². The van der Waals surface area contributed by atoms with Crippen LogP contribution in [0.3, 0.4) is 0 Å². The minimum absolute atomic E-state index is 0.461. The van der Waals surface area contributed by atoms with Crippen LogP contribution >= 0.6 is 0 Å². The van der Waals surface area contributed by atoms with Crippen LogP contribution < -0.4 is 0 Å². The topological polar surface area (TPSA) is 17.8 Å². The molecular formula is C22H26N2. The lowest BCUT2D eigenvalue weighted by molar-refractivity contribution is 0.676. The monoisotopic (exact) mass is 318 g/mol. The predicted octanol–water partition coefficient (Wildman–Crippen LogP) is 5.79. The van der Waals surface area contributed by atoms with Crippen LogP contribution in [0.25, 0.3) is 22.4 Å². The number of allylic oxidation sites excluding steroid dienone is 1. The molecule has 3 rings (SSSR count). The highest BCUT2D eigenvalue weighted by molar-refractivity contribution is 5.81. The van der Waals surface area contributed by atoms with Crippen molar-refractivity contribution in [3.8, 4) is 11.4 Å². The van der Waals surface area contributed by atoms with Crippen molar-refractivity contribution in [1.29, 1.82) is 0 Å². The fourth-order valence-corrected chi connectivity index (χ4v) is 2.89. The second-order valence-electron chi connectivity index (χ2n) is 6.88. The van der Waals surface area contributed by atoms with Crippen molar-refractivity contribution in [2.45, 2.75) is 40.7 Å². The van der Waals surface area contributed by atoms with E-state index >= 15 is 0 Å². The number of rotatable bonds is 5. The first kappa shape index (κ1) is 16.5. The summed E-state index contributed by atoms with van der Waals surface area (Å²) in [5.41, 5.74) is 7.23. The maximum Gasteiger partial charge on any atom is 0.141 e. The van der Waals surface area contributed by atoms with Crippen molar-refractivity contribution >= 4 is 11.0 Å². The fraction of sp³-hybridized carbons (Fsp3) is 0.318. The third kappa shape index (κ3) is 3.14. The summed E-state index contributed by atoms with van der Waals surface area (Å²) in [4.78, 5) is 4.91. The Hall–Kier alpha value is -2.35. The van der Waals surface area contributed by atoms with Crippen LogP contribution in [0.1, 0.15) is 31.9 Å². The van der Waals surface area contributed by atoms with Gasteiger partial charge in [0.15, 0.2) is 0 Å². The van der Waals surface area contributed by atoms with Gasteiger partial charge in [-0.05, 0) is 42.5 Å². The van der Waals surface area contributed by atoms with Gasteiger partial charge in [0.05, 0.1) is 11.0 Å². The number of benzene rings is 2. The molecule has 2 heteroatoms. The lowest BCUT2D eigenvalue weighted by atomic mass is 10.0. The van der Waals surface area contributed by atoms with E-state index in [0.717, 1.165) is 29.9 Å². The highest BCUT2D eigenvalue weighted by Gasteiger charge is 2.14. The third-order valence-corrected chi connectivity index (χ3v) is 4.70. The van der Waals surface area contributed by atoms with Crippen LogP contribution in [0.2, 0.25) is 0 Å². The van der Waals surface area contributed by atoms with E-state index in [2.05, 4.69) is 81.3 Å². The normalized spacial score (nSPS) is 11.4. The SMILES string of the molecule is C=C(Cn1c(-c2ccc(CC)cc2)nc2ccc(C)cc21)C(C)C. The molecule has 0 amide bonds. The quantitative estimate of drug-likeness (QED) is 0.545. The molecule has 1 aromatic heterocycles. The van der Waals surface area contributed by atoms with E-state index in [0.29, 0.717) is 5.92 Å². The average Bonchev–Trinajstić information content (AvgIpc) is 2.92. The Morgan fingerprint density at radius 3 is 2.46 bits per heavy atom. The van der Waals surface area contributed by atoms with Gasteiger partial charge in [0.1, 0.15) is 5.82 Å². The van der Waals surface area contributed by atoms with Crippen molar-refractivity contribution in [2.24, 2.45) is 5.92 Å². The minimum atomic E-state index is 0.461. The number of hydrogen-bond acceptors (Lipinski definition) is 1. The number of aryl methyl sites for hydroxylation is 2. The number of hydrogen-bond donors (Lipinski definition) is 0. The molecule has 0 saturated carbocycles. The van der Waals surface area contributed by atoms with Crippen molar-refractivity contribution in [1.82, 2.24) is 9.55 Å². The van der Waals surface area contributed by atoms with Crippen molar-refractivity contribution < 1.29 is 0 Å². The smallest absolute Gasteiger partial charge is 0.141 e. The molecule has 24 heavy (non-hydrogen) atoms. The first-order valence-corrected chi connectivity index (χ1v) is 8.73. The Balaban J connectivity index is 2.16. The van der Waals surface area contributed by atoms with Gasteiger partial charge >= 0.3 is 0 Å². The van der Waals surface area contributed by atoms with Gasteiger partial charge in [-0.1, -0.05) is 63.3 Å². The summed E-state index contributed by atoms with van der Waals surface area (Å²) < 4.78 is 2.31. The summed E-state index contributed by atoms with van der Waals surface area (Å²) in [5, 5.41) is 0. The lowest BCUT2D eigenvalue weighted by Gasteiger charge is -2.14. The maximum absolute atomic E-state index is 4.91. The van der Waals surface area contributed by atoms with Crippen molar-refractivity contribution in [3.63, 3.8) is 0 Å². The zero-order chi connectivity index (χ0) is 17.3. The predicted molar refractivity (Wildman–Crippen MR) is 103 cm³/mol. The maximum atomic E-state index is 4.91. The van der Waals surface area contributed by atoms with Gasteiger partial charge in [-0.2, -0.15) is 0 Å². The molecule has 0 spiro atoms. The van der Waals surface area contributed by atoms with Crippen LogP contribution in [0.5, 0.6) is 0 Å². The molecule has 3 aromatic rings. The molecule has 0 aliphatic carbocycles. The molecule has 0 bridgehead atoms. The molecule has 0 radical (unpaired) electrons.